The minimum absolute atomic E-state index is 0.887. The van der Waals surface area contributed by atoms with E-state index in [4.69, 9.17) is 4.20 Å². The highest BCUT2D eigenvalue weighted by Crippen LogP contribution is 2.25. The first-order valence-electron chi connectivity index (χ1n) is 5.82. The molecule has 1 atom stereocenters. The van der Waals surface area contributed by atoms with Crippen LogP contribution in [-0.2, 0) is 17.4 Å². The fourth-order valence-electron chi connectivity index (χ4n) is 1.46. The second-order valence-electron chi connectivity index (χ2n) is 3.85. The fraction of sp³-hybridized carbons (Fsp3) is 0.667. The van der Waals surface area contributed by atoms with Crippen molar-refractivity contribution < 1.29 is 8.76 Å². The van der Waals surface area contributed by atoms with Crippen LogP contribution in [-0.4, -0.2) is 0 Å². The Kier molecular flexibility index (Phi) is 5.63. The average Bonchev–Trinajstić information content (AvgIpc) is 2.25. The van der Waals surface area contributed by atoms with Gasteiger partial charge in [-0.3, -0.25) is 4.20 Å². The van der Waals surface area contributed by atoms with E-state index in [-0.39, 0.29) is 0 Å². The zero-order valence-electron chi connectivity index (χ0n) is 9.66. The van der Waals surface area contributed by atoms with E-state index in [0.717, 1.165) is 49.6 Å². The number of hydrogen-bond donors (Lipinski definition) is 0. The summed E-state index contributed by atoms with van der Waals surface area (Å²) < 4.78 is 17.1. The number of rotatable bonds is 6. The van der Waals surface area contributed by atoms with E-state index in [1.165, 1.54) is 0 Å². The first kappa shape index (κ1) is 12.4. The molecule has 84 valence electrons. The van der Waals surface area contributed by atoms with Crippen LogP contribution < -0.4 is 0 Å². The summed E-state index contributed by atoms with van der Waals surface area (Å²) in [6, 6.07) is 3.97. The van der Waals surface area contributed by atoms with Gasteiger partial charge in [0.15, 0.2) is 5.76 Å². The predicted octanol–water partition coefficient (Wildman–Crippen LogP) is 4.71. The maximum Gasteiger partial charge on any atom is 0.592 e. The van der Waals surface area contributed by atoms with E-state index in [2.05, 4.69) is 13.8 Å². The van der Waals surface area contributed by atoms with Crippen molar-refractivity contribution in [3.05, 3.63) is 23.2 Å². The first-order valence-corrected chi connectivity index (χ1v) is 7.00. The van der Waals surface area contributed by atoms with E-state index >= 15 is 0 Å². The Balaban J connectivity index is 2.66. The first-order chi connectivity index (χ1) is 7.27. The molecule has 0 aliphatic carbocycles. The Morgan fingerprint density at radius 1 is 1.13 bits per heavy atom. The van der Waals surface area contributed by atoms with Crippen molar-refractivity contribution in [3.8, 4) is 0 Å². The Labute approximate surface area is 92.5 Å². The highest BCUT2D eigenvalue weighted by molar-refractivity contribution is 7.30. The average molecular weight is 227 g/mol. The quantitative estimate of drug-likeness (QED) is 0.704. The van der Waals surface area contributed by atoms with Crippen LogP contribution in [0.2, 0.25) is 0 Å². The summed E-state index contributed by atoms with van der Waals surface area (Å²) in [6.07, 6.45) is 6.29. The Bertz CT molecular complexity index is 344. The van der Waals surface area contributed by atoms with Gasteiger partial charge in [0.05, 0.1) is 0 Å². The van der Waals surface area contributed by atoms with E-state index in [9.17, 15) is 4.57 Å². The molecule has 1 rings (SSSR count). The molecular weight excluding hydrogens is 207 g/mol. The van der Waals surface area contributed by atoms with Gasteiger partial charge in [0.25, 0.3) is 0 Å². The molecule has 1 aromatic rings. The van der Waals surface area contributed by atoms with Gasteiger partial charge in [0.2, 0.25) is 5.30 Å². The van der Waals surface area contributed by atoms with Crippen LogP contribution in [0.15, 0.2) is 16.3 Å². The molecule has 0 N–H and O–H groups in total. The molecule has 0 saturated carbocycles. The molecule has 1 unspecified atom stereocenters. The Morgan fingerprint density at radius 3 is 2.40 bits per heavy atom. The van der Waals surface area contributed by atoms with Gasteiger partial charge in [-0.1, -0.05) is 26.7 Å². The molecular formula is C12H20O2P+. The van der Waals surface area contributed by atoms with E-state index in [1.54, 1.807) is 0 Å². The standard InChI is InChI=1S/C12H20O2P/c1-3-5-7-11-9-10-12(8-6-4-2)15(13)14-11/h9-10H,3-8H2,1-2H3/q+1. The summed E-state index contributed by atoms with van der Waals surface area (Å²) in [6.45, 7) is 4.28. The van der Waals surface area contributed by atoms with Crippen molar-refractivity contribution >= 4 is 7.65 Å². The molecule has 0 bridgehead atoms. The zero-order chi connectivity index (χ0) is 11.1. The molecule has 3 heteroatoms. The lowest BCUT2D eigenvalue weighted by molar-refractivity contribution is 0.515. The van der Waals surface area contributed by atoms with E-state index in [1.807, 2.05) is 12.1 Å². The Hall–Kier alpha value is -0.620. The lowest BCUT2D eigenvalue weighted by Crippen LogP contribution is -1.85. The van der Waals surface area contributed by atoms with E-state index in [0.29, 0.717) is 0 Å². The molecule has 0 radical (unpaired) electrons. The monoisotopic (exact) mass is 227 g/mol. The lowest BCUT2D eigenvalue weighted by Gasteiger charge is -1.94. The summed E-state index contributed by atoms with van der Waals surface area (Å²) in [5.41, 5.74) is 0. The summed E-state index contributed by atoms with van der Waals surface area (Å²) in [4.78, 5) is 0. The van der Waals surface area contributed by atoms with Crippen molar-refractivity contribution in [3.63, 3.8) is 0 Å². The fourth-order valence-corrected chi connectivity index (χ4v) is 2.48. The van der Waals surface area contributed by atoms with Gasteiger partial charge in [-0.2, -0.15) is 0 Å². The van der Waals surface area contributed by atoms with Gasteiger partial charge in [0, 0.05) is 12.8 Å². The molecule has 0 aliphatic rings. The van der Waals surface area contributed by atoms with Gasteiger partial charge in [-0.25, -0.2) is 0 Å². The van der Waals surface area contributed by atoms with Crippen molar-refractivity contribution in [1.29, 1.82) is 0 Å². The molecule has 0 spiro atoms. The van der Waals surface area contributed by atoms with Gasteiger partial charge >= 0.3 is 7.65 Å². The van der Waals surface area contributed by atoms with Crippen LogP contribution >= 0.6 is 7.65 Å². The third-order valence-electron chi connectivity index (χ3n) is 2.46. The van der Waals surface area contributed by atoms with Gasteiger partial charge < -0.3 is 0 Å². The minimum Gasteiger partial charge on any atom is -0.255 e. The second-order valence-corrected chi connectivity index (χ2v) is 5.12. The van der Waals surface area contributed by atoms with Crippen LogP contribution in [0.5, 0.6) is 0 Å². The molecule has 15 heavy (non-hydrogen) atoms. The highest BCUT2D eigenvalue weighted by Gasteiger charge is 2.14. The summed E-state index contributed by atoms with van der Waals surface area (Å²) >= 11 is 0. The van der Waals surface area contributed by atoms with E-state index < -0.39 is 7.65 Å². The topological polar surface area (TPSA) is 30.2 Å². The maximum absolute atomic E-state index is 11.7. The highest BCUT2D eigenvalue weighted by atomic mass is 31.1. The normalized spacial score (nSPS) is 11.7. The maximum atomic E-state index is 11.7. The predicted molar refractivity (Wildman–Crippen MR) is 63.5 cm³/mol. The number of aryl methyl sites for hydroxylation is 2. The molecule has 1 aromatic heterocycles. The molecule has 0 saturated heterocycles. The SMILES string of the molecule is CCCCc1ccc(CCCC)[p+](=O)o1. The van der Waals surface area contributed by atoms with Crippen LogP contribution in [0.25, 0.3) is 0 Å². The van der Waals surface area contributed by atoms with Gasteiger partial charge in [-0.15, -0.1) is 0 Å². The molecule has 2 nitrogen and oxygen atoms in total. The van der Waals surface area contributed by atoms with Crippen molar-refractivity contribution in [2.75, 3.05) is 0 Å². The minimum atomic E-state index is -1.58. The summed E-state index contributed by atoms with van der Waals surface area (Å²) in [7, 11) is -1.58. The largest absolute Gasteiger partial charge is 0.592 e. The summed E-state index contributed by atoms with van der Waals surface area (Å²) in [5, 5.41) is 0.965. The van der Waals surface area contributed by atoms with Crippen LogP contribution in [0.4, 0.5) is 0 Å². The number of unbranched alkanes of at least 4 members (excludes halogenated alkanes) is 2. The second kappa shape index (κ2) is 6.79. The zero-order valence-corrected chi connectivity index (χ0v) is 10.6. The third-order valence-corrected chi connectivity index (χ3v) is 3.70. The van der Waals surface area contributed by atoms with Crippen LogP contribution in [0.3, 0.4) is 0 Å². The van der Waals surface area contributed by atoms with Crippen molar-refractivity contribution in [2.24, 2.45) is 0 Å². The molecule has 0 aliphatic heterocycles. The smallest absolute Gasteiger partial charge is 0.255 e. The third kappa shape index (κ3) is 4.17. The number of hydrogen-bond acceptors (Lipinski definition) is 2. The van der Waals surface area contributed by atoms with Crippen molar-refractivity contribution in [1.82, 2.24) is 0 Å². The molecule has 1 heterocycles. The lowest BCUT2D eigenvalue weighted by atomic mass is 10.2. The van der Waals surface area contributed by atoms with Crippen LogP contribution in [0, 0.1) is 0 Å². The van der Waals surface area contributed by atoms with Crippen molar-refractivity contribution in [2.45, 2.75) is 52.4 Å². The molecule has 0 amide bonds. The summed E-state index contributed by atoms with van der Waals surface area (Å²) in [5.74, 6) is 0.887. The molecule has 0 fully saturated rings. The van der Waals surface area contributed by atoms with Gasteiger partial charge in [-0.05, 0) is 29.5 Å². The molecule has 0 aromatic carbocycles. The van der Waals surface area contributed by atoms with Gasteiger partial charge in [0.1, 0.15) is 0 Å². The Morgan fingerprint density at radius 2 is 1.80 bits per heavy atom. The van der Waals surface area contributed by atoms with Crippen LogP contribution in [0.1, 0.15) is 50.6 Å².